The van der Waals surface area contributed by atoms with E-state index in [0.29, 0.717) is 12.0 Å². The molecule has 0 spiro atoms. The van der Waals surface area contributed by atoms with Crippen LogP contribution in [0.15, 0.2) is 24.3 Å². The van der Waals surface area contributed by atoms with E-state index in [0.717, 1.165) is 18.0 Å². The Morgan fingerprint density at radius 3 is 2.27 bits per heavy atom. The molecule has 0 bridgehead atoms. The Bertz CT molecular complexity index is 279. The highest BCUT2D eigenvalue weighted by molar-refractivity contribution is 6.30. The van der Waals surface area contributed by atoms with Crippen LogP contribution in [0.3, 0.4) is 0 Å². The van der Waals surface area contributed by atoms with Gasteiger partial charge in [0, 0.05) is 11.1 Å². The van der Waals surface area contributed by atoms with E-state index in [-0.39, 0.29) is 0 Å². The fourth-order valence-corrected chi connectivity index (χ4v) is 1.66. The SMILES string of the molecule is CC(CNC(C)C)Cc1ccc(Cl)cc1. The van der Waals surface area contributed by atoms with E-state index in [1.807, 2.05) is 12.1 Å². The molecule has 0 saturated heterocycles. The average molecular weight is 226 g/mol. The molecule has 1 N–H and O–H groups in total. The lowest BCUT2D eigenvalue weighted by Crippen LogP contribution is -2.28. The molecule has 0 aliphatic heterocycles. The minimum absolute atomic E-state index is 0.567. The molecule has 0 saturated carbocycles. The molecule has 1 rings (SSSR count). The predicted octanol–water partition coefficient (Wildman–Crippen LogP) is 3.52. The smallest absolute Gasteiger partial charge is 0.0406 e. The second kappa shape index (κ2) is 6.14. The maximum absolute atomic E-state index is 5.84. The van der Waals surface area contributed by atoms with Crippen LogP contribution in [-0.2, 0) is 6.42 Å². The maximum Gasteiger partial charge on any atom is 0.0406 e. The van der Waals surface area contributed by atoms with Crippen LogP contribution in [0.2, 0.25) is 5.02 Å². The van der Waals surface area contributed by atoms with Gasteiger partial charge < -0.3 is 5.32 Å². The largest absolute Gasteiger partial charge is 0.314 e. The molecule has 0 aliphatic rings. The second-order valence-corrected chi connectivity index (χ2v) is 4.94. The van der Waals surface area contributed by atoms with E-state index in [9.17, 15) is 0 Å². The molecule has 1 aromatic carbocycles. The van der Waals surface area contributed by atoms with E-state index in [1.54, 1.807) is 0 Å². The van der Waals surface area contributed by atoms with Crippen LogP contribution in [0.5, 0.6) is 0 Å². The van der Waals surface area contributed by atoms with Gasteiger partial charge in [0.1, 0.15) is 0 Å². The van der Waals surface area contributed by atoms with Crippen molar-refractivity contribution in [3.63, 3.8) is 0 Å². The summed E-state index contributed by atoms with van der Waals surface area (Å²) in [6.45, 7) is 7.69. The summed E-state index contributed by atoms with van der Waals surface area (Å²) < 4.78 is 0. The lowest BCUT2D eigenvalue weighted by Gasteiger charge is -2.14. The zero-order valence-electron chi connectivity index (χ0n) is 9.76. The summed E-state index contributed by atoms with van der Waals surface area (Å²) in [5, 5.41) is 4.26. The van der Waals surface area contributed by atoms with Crippen molar-refractivity contribution in [3.8, 4) is 0 Å². The molecule has 84 valence electrons. The average Bonchev–Trinajstić information content (AvgIpc) is 2.19. The van der Waals surface area contributed by atoms with Crippen LogP contribution in [0.1, 0.15) is 26.3 Å². The topological polar surface area (TPSA) is 12.0 Å². The number of halogens is 1. The van der Waals surface area contributed by atoms with Crippen molar-refractivity contribution in [2.24, 2.45) is 5.92 Å². The van der Waals surface area contributed by atoms with Crippen molar-refractivity contribution < 1.29 is 0 Å². The number of rotatable bonds is 5. The Hall–Kier alpha value is -0.530. The highest BCUT2D eigenvalue weighted by Gasteiger charge is 2.04. The summed E-state index contributed by atoms with van der Waals surface area (Å²) in [7, 11) is 0. The molecule has 1 nitrogen and oxygen atoms in total. The lowest BCUT2D eigenvalue weighted by atomic mass is 10.0. The van der Waals surface area contributed by atoms with Crippen LogP contribution >= 0.6 is 11.6 Å². The summed E-state index contributed by atoms with van der Waals surface area (Å²) in [5.74, 6) is 0.661. The fraction of sp³-hybridized carbons (Fsp3) is 0.538. The molecule has 1 unspecified atom stereocenters. The van der Waals surface area contributed by atoms with Gasteiger partial charge in [-0.15, -0.1) is 0 Å². The van der Waals surface area contributed by atoms with Gasteiger partial charge in [0.25, 0.3) is 0 Å². The minimum Gasteiger partial charge on any atom is -0.314 e. The quantitative estimate of drug-likeness (QED) is 0.809. The van der Waals surface area contributed by atoms with Gasteiger partial charge in [0.15, 0.2) is 0 Å². The highest BCUT2D eigenvalue weighted by Crippen LogP contribution is 2.12. The Morgan fingerprint density at radius 2 is 1.73 bits per heavy atom. The second-order valence-electron chi connectivity index (χ2n) is 4.50. The maximum atomic E-state index is 5.84. The highest BCUT2D eigenvalue weighted by atomic mass is 35.5. The van der Waals surface area contributed by atoms with Gasteiger partial charge >= 0.3 is 0 Å². The molecular weight excluding hydrogens is 206 g/mol. The van der Waals surface area contributed by atoms with Gasteiger partial charge in [-0.25, -0.2) is 0 Å². The van der Waals surface area contributed by atoms with Crippen LogP contribution < -0.4 is 5.32 Å². The minimum atomic E-state index is 0.567. The Balaban J connectivity index is 2.37. The molecule has 1 aromatic rings. The first-order valence-electron chi connectivity index (χ1n) is 5.55. The number of nitrogens with one attached hydrogen (secondary N) is 1. The van der Waals surface area contributed by atoms with Crippen LogP contribution in [-0.4, -0.2) is 12.6 Å². The summed E-state index contributed by atoms with van der Waals surface area (Å²) in [6, 6.07) is 8.69. The van der Waals surface area contributed by atoms with Crippen LogP contribution in [0, 0.1) is 5.92 Å². The van der Waals surface area contributed by atoms with E-state index < -0.39 is 0 Å². The van der Waals surface area contributed by atoms with Gasteiger partial charge in [0.2, 0.25) is 0 Å². The molecule has 0 aliphatic carbocycles. The van der Waals surface area contributed by atoms with Gasteiger partial charge in [-0.2, -0.15) is 0 Å². The molecule has 1 atom stereocenters. The summed E-state index contributed by atoms with van der Waals surface area (Å²) in [6.07, 6.45) is 1.11. The number of hydrogen-bond acceptors (Lipinski definition) is 1. The van der Waals surface area contributed by atoms with Gasteiger partial charge in [0.05, 0.1) is 0 Å². The fourth-order valence-electron chi connectivity index (χ4n) is 1.53. The summed E-state index contributed by atoms with van der Waals surface area (Å²) in [5.41, 5.74) is 1.36. The third-order valence-electron chi connectivity index (χ3n) is 2.37. The molecular formula is C13H20ClN. The van der Waals surface area contributed by atoms with Gasteiger partial charge in [-0.1, -0.05) is 44.5 Å². The Morgan fingerprint density at radius 1 is 1.13 bits per heavy atom. The zero-order valence-corrected chi connectivity index (χ0v) is 10.5. The molecule has 0 heterocycles. The monoisotopic (exact) mass is 225 g/mol. The first-order valence-corrected chi connectivity index (χ1v) is 5.93. The van der Waals surface area contributed by atoms with Crippen molar-refractivity contribution in [1.29, 1.82) is 0 Å². The zero-order chi connectivity index (χ0) is 11.3. The van der Waals surface area contributed by atoms with Crippen LogP contribution in [0.4, 0.5) is 0 Å². The predicted molar refractivity (Wildman–Crippen MR) is 67.5 cm³/mol. The molecule has 0 radical (unpaired) electrons. The standard InChI is InChI=1S/C13H20ClN/c1-10(2)15-9-11(3)8-12-4-6-13(14)7-5-12/h4-7,10-11,15H,8-9H2,1-3H3. The van der Waals surface area contributed by atoms with Crippen LogP contribution in [0.25, 0.3) is 0 Å². The Kier molecular flexibility index (Phi) is 5.13. The third-order valence-corrected chi connectivity index (χ3v) is 2.62. The first-order chi connectivity index (χ1) is 7.08. The molecule has 2 heteroatoms. The van der Waals surface area contributed by atoms with E-state index in [1.165, 1.54) is 5.56 Å². The van der Waals surface area contributed by atoms with E-state index >= 15 is 0 Å². The van der Waals surface area contributed by atoms with Crippen molar-refractivity contribution in [2.75, 3.05) is 6.54 Å². The van der Waals surface area contributed by atoms with Gasteiger partial charge in [-0.3, -0.25) is 0 Å². The van der Waals surface area contributed by atoms with Crippen molar-refractivity contribution in [3.05, 3.63) is 34.9 Å². The van der Waals surface area contributed by atoms with E-state index in [2.05, 4.69) is 38.2 Å². The number of benzene rings is 1. The Labute approximate surface area is 97.8 Å². The summed E-state index contributed by atoms with van der Waals surface area (Å²) >= 11 is 5.84. The van der Waals surface area contributed by atoms with Crippen molar-refractivity contribution >= 4 is 11.6 Å². The van der Waals surface area contributed by atoms with E-state index in [4.69, 9.17) is 11.6 Å². The summed E-state index contributed by atoms with van der Waals surface area (Å²) in [4.78, 5) is 0. The van der Waals surface area contributed by atoms with Gasteiger partial charge in [-0.05, 0) is 36.6 Å². The number of hydrogen-bond donors (Lipinski definition) is 1. The molecule has 0 aromatic heterocycles. The van der Waals surface area contributed by atoms with Crippen molar-refractivity contribution in [2.45, 2.75) is 33.2 Å². The molecule has 15 heavy (non-hydrogen) atoms. The van der Waals surface area contributed by atoms with Crippen molar-refractivity contribution in [1.82, 2.24) is 5.32 Å². The lowest BCUT2D eigenvalue weighted by molar-refractivity contribution is 0.476. The third kappa shape index (κ3) is 5.19. The first kappa shape index (κ1) is 12.5. The molecule has 0 amide bonds. The normalized spacial score (nSPS) is 13.1. The molecule has 0 fully saturated rings.